The van der Waals surface area contributed by atoms with Crippen molar-refractivity contribution in [2.24, 2.45) is 5.41 Å². The largest absolute Gasteiger partial charge is 0.379 e. The molecule has 1 aromatic rings. The molecule has 3 aliphatic rings. The van der Waals surface area contributed by atoms with E-state index in [1.165, 1.54) is 28.6 Å². The third-order valence-electron chi connectivity index (χ3n) is 6.35. The van der Waals surface area contributed by atoms with Gasteiger partial charge in [-0.25, -0.2) is 8.42 Å². The molecule has 1 aromatic carbocycles. The number of carbonyl (C=O) groups is 3. The number of carbonyl (C=O) groups excluding carboxylic acids is 3. The van der Waals surface area contributed by atoms with Crippen molar-refractivity contribution >= 4 is 33.4 Å². The summed E-state index contributed by atoms with van der Waals surface area (Å²) in [6.45, 7) is 1.01. The number of sulfonamides is 1. The quantitative estimate of drug-likeness (QED) is 0.679. The molecule has 0 atom stereocenters. The Hall–Kier alpha value is -2.30. The van der Waals surface area contributed by atoms with Gasteiger partial charge in [0, 0.05) is 25.2 Å². The fraction of sp³-hybridized carbons (Fsp3) is 0.571. The highest BCUT2D eigenvalue weighted by Gasteiger charge is 2.51. The molecule has 1 aliphatic carbocycles. The van der Waals surface area contributed by atoms with E-state index in [1.807, 2.05) is 0 Å². The van der Waals surface area contributed by atoms with E-state index in [0.717, 1.165) is 24.2 Å². The van der Waals surface area contributed by atoms with Crippen molar-refractivity contribution in [1.82, 2.24) is 9.21 Å². The number of likely N-dealkylation sites (tertiary alicyclic amines) is 1. The molecule has 0 unspecified atom stereocenters. The molecular weight excluding hydrogens is 422 g/mol. The molecule has 1 saturated carbocycles. The number of nitrogens with one attached hydrogen (secondary N) is 1. The molecule has 3 amide bonds. The average Bonchev–Trinajstić information content (AvgIpc) is 2.99. The second-order valence-corrected chi connectivity index (χ2v) is 10.3. The van der Waals surface area contributed by atoms with E-state index in [2.05, 4.69) is 5.32 Å². The highest BCUT2D eigenvalue weighted by atomic mass is 32.2. The Morgan fingerprint density at radius 3 is 2.32 bits per heavy atom. The number of ether oxygens (including phenoxy) is 1. The van der Waals surface area contributed by atoms with Crippen molar-refractivity contribution in [2.75, 3.05) is 38.2 Å². The number of imide groups is 1. The van der Waals surface area contributed by atoms with Crippen molar-refractivity contribution in [1.29, 1.82) is 0 Å². The van der Waals surface area contributed by atoms with Gasteiger partial charge >= 0.3 is 0 Å². The number of benzene rings is 1. The first-order valence-corrected chi connectivity index (χ1v) is 12.1. The predicted octanol–water partition coefficient (Wildman–Crippen LogP) is 1.36. The predicted molar refractivity (Wildman–Crippen MR) is 112 cm³/mol. The minimum absolute atomic E-state index is 0.136. The topological polar surface area (TPSA) is 113 Å². The van der Waals surface area contributed by atoms with Crippen LogP contribution in [0.1, 0.15) is 38.5 Å². The van der Waals surface area contributed by atoms with Gasteiger partial charge in [0.25, 0.3) is 0 Å². The zero-order chi connectivity index (χ0) is 22.1. The van der Waals surface area contributed by atoms with E-state index in [0.29, 0.717) is 44.8 Å². The number of hydrogen-bond acceptors (Lipinski definition) is 6. The molecule has 0 aromatic heterocycles. The monoisotopic (exact) mass is 449 g/mol. The average molecular weight is 450 g/mol. The first kappa shape index (κ1) is 21.9. The molecule has 2 heterocycles. The van der Waals surface area contributed by atoms with Gasteiger partial charge in [-0.2, -0.15) is 4.31 Å². The molecule has 31 heavy (non-hydrogen) atoms. The van der Waals surface area contributed by atoms with Crippen LogP contribution in [-0.4, -0.2) is 68.2 Å². The lowest BCUT2D eigenvalue weighted by atomic mass is 9.73. The molecule has 1 N–H and O–H groups in total. The van der Waals surface area contributed by atoms with Gasteiger partial charge in [0.1, 0.15) is 6.54 Å². The van der Waals surface area contributed by atoms with Crippen LogP contribution in [0, 0.1) is 5.41 Å². The lowest BCUT2D eigenvalue weighted by molar-refractivity contribution is -0.144. The molecule has 0 bridgehead atoms. The SMILES string of the molecule is O=C(CN1C(=O)CC2(CCCCC2)C1=O)Nc1ccc(S(=O)(=O)N2CCOCC2)cc1. The molecular formula is C21H27N3O6S. The van der Waals surface area contributed by atoms with Gasteiger partial charge in [0.15, 0.2) is 0 Å². The standard InChI is InChI=1S/C21H27N3O6S/c25-18(15-24-19(26)14-21(20(24)27)8-2-1-3-9-21)22-16-4-6-17(7-5-16)31(28,29)23-10-12-30-13-11-23/h4-7H,1-3,8-15H2,(H,22,25). The van der Waals surface area contributed by atoms with Crippen LogP contribution in [-0.2, 0) is 29.1 Å². The molecule has 10 heteroatoms. The van der Waals surface area contributed by atoms with Gasteiger partial charge in [-0.05, 0) is 37.1 Å². The van der Waals surface area contributed by atoms with Crippen molar-refractivity contribution in [3.63, 3.8) is 0 Å². The van der Waals surface area contributed by atoms with E-state index >= 15 is 0 Å². The fourth-order valence-corrected chi connectivity index (χ4v) is 6.04. The number of rotatable bonds is 5. The van der Waals surface area contributed by atoms with Crippen LogP contribution in [0.15, 0.2) is 29.2 Å². The number of nitrogens with zero attached hydrogens (tertiary/aromatic N) is 2. The fourth-order valence-electron chi connectivity index (χ4n) is 4.63. The van der Waals surface area contributed by atoms with Crippen LogP contribution in [0.5, 0.6) is 0 Å². The first-order valence-electron chi connectivity index (χ1n) is 10.6. The molecule has 0 radical (unpaired) electrons. The summed E-state index contributed by atoms with van der Waals surface area (Å²) in [6, 6.07) is 5.87. The second-order valence-electron chi connectivity index (χ2n) is 8.39. The third kappa shape index (κ3) is 4.37. The number of morpholine rings is 1. The summed E-state index contributed by atoms with van der Waals surface area (Å²) in [5.41, 5.74) is -0.220. The summed E-state index contributed by atoms with van der Waals surface area (Å²) in [7, 11) is -3.61. The molecule has 9 nitrogen and oxygen atoms in total. The highest BCUT2D eigenvalue weighted by Crippen LogP contribution is 2.45. The molecule has 168 valence electrons. The third-order valence-corrected chi connectivity index (χ3v) is 8.26. The first-order chi connectivity index (χ1) is 14.8. The zero-order valence-electron chi connectivity index (χ0n) is 17.3. The second kappa shape index (κ2) is 8.68. The van der Waals surface area contributed by atoms with Gasteiger partial charge in [-0.15, -0.1) is 0 Å². The van der Waals surface area contributed by atoms with Crippen LogP contribution in [0.2, 0.25) is 0 Å². The highest BCUT2D eigenvalue weighted by molar-refractivity contribution is 7.89. The summed E-state index contributed by atoms with van der Waals surface area (Å²) in [6.07, 6.45) is 4.52. The Bertz CT molecular complexity index is 963. The summed E-state index contributed by atoms with van der Waals surface area (Å²) in [5.74, 6) is -1.02. The van der Waals surface area contributed by atoms with E-state index < -0.39 is 21.3 Å². The van der Waals surface area contributed by atoms with Gasteiger partial charge in [0.05, 0.1) is 23.5 Å². The van der Waals surface area contributed by atoms with Gasteiger partial charge in [-0.3, -0.25) is 19.3 Å². The Labute approximate surface area is 181 Å². The summed E-state index contributed by atoms with van der Waals surface area (Å²) in [4.78, 5) is 38.9. The lowest BCUT2D eigenvalue weighted by Gasteiger charge is -2.30. The minimum atomic E-state index is -3.61. The van der Waals surface area contributed by atoms with Gasteiger partial charge in [0.2, 0.25) is 27.7 Å². The number of hydrogen-bond donors (Lipinski definition) is 1. The van der Waals surface area contributed by atoms with Crippen molar-refractivity contribution < 1.29 is 27.5 Å². The Balaban J connectivity index is 1.38. The smallest absolute Gasteiger partial charge is 0.244 e. The van der Waals surface area contributed by atoms with E-state index in [9.17, 15) is 22.8 Å². The van der Waals surface area contributed by atoms with Crippen LogP contribution >= 0.6 is 0 Å². The van der Waals surface area contributed by atoms with Crippen LogP contribution < -0.4 is 5.32 Å². The molecule has 4 rings (SSSR count). The lowest BCUT2D eigenvalue weighted by Crippen LogP contribution is -2.41. The van der Waals surface area contributed by atoms with Crippen LogP contribution in [0.4, 0.5) is 5.69 Å². The van der Waals surface area contributed by atoms with Crippen molar-refractivity contribution in [2.45, 2.75) is 43.4 Å². The summed E-state index contributed by atoms with van der Waals surface area (Å²) >= 11 is 0. The Morgan fingerprint density at radius 2 is 1.68 bits per heavy atom. The van der Waals surface area contributed by atoms with Crippen LogP contribution in [0.25, 0.3) is 0 Å². The van der Waals surface area contributed by atoms with Gasteiger partial charge in [-0.1, -0.05) is 19.3 Å². The van der Waals surface area contributed by atoms with Crippen molar-refractivity contribution in [3.8, 4) is 0 Å². The maximum Gasteiger partial charge on any atom is 0.244 e. The van der Waals surface area contributed by atoms with Crippen molar-refractivity contribution in [3.05, 3.63) is 24.3 Å². The number of amides is 3. The van der Waals surface area contributed by atoms with E-state index in [-0.39, 0.29) is 29.7 Å². The number of anilines is 1. The minimum Gasteiger partial charge on any atom is -0.379 e. The normalized spacial score (nSPS) is 22.1. The van der Waals surface area contributed by atoms with E-state index in [1.54, 1.807) is 0 Å². The Morgan fingerprint density at radius 1 is 1.03 bits per heavy atom. The molecule has 2 aliphatic heterocycles. The summed E-state index contributed by atoms with van der Waals surface area (Å²) < 4.78 is 31.9. The molecule has 2 saturated heterocycles. The maximum atomic E-state index is 12.8. The molecule has 3 fully saturated rings. The van der Waals surface area contributed by atoms with Crippen LogP contribution in [0.3, 0.4) is 0 Å². The molecule has 1 spiro atoms. The summed E-state index contributed by atoms with van der Waals surface area (Å²) in [5, 5.41) is 2.65. The zero-order valence-corrected chi connectivity index (χ0v) is 18.2. The van der Waals surface area contributed by atoms with E-state index in [4.69, 9.17) is 4.74 Å². The Kier molecular flexibility index (Phi) is 6.14. The maximum absolute atomic E-state index is 12.8. The van der Waals surface area contributed by atoms with Gasteiger partial charge < -0.3 is 10.1 Å².